The summed E-state index contributed by atoms with van der Waals surface area (Å²) >= 11 is 1.50. The zero-order chi connectivity index (χ0) is 23.4. The number of rotatable bonds is 7. The van der Waals surface area contributed by atoms with Crippen molar-refractivity contribution in [3.05, 3.63) is 86.8 Å². The van der Waals surface area contributed by atoms with Crippen LogP contribution in [0.3, 0.4) is 0 Å². The Bertz CT molecular complexity index is 1150. The second-order valence-electron chi connectivity index (χ2n) is 8.53. The minimum atomic E-state index is -0.353. The van der Waals surface area contributed by atoms with Gasteiger partial charge in [-0.25, -0.2) is 4.79 Å². The molecule has 1 aliphatic rings. The van der Waals surface area contributed by atoms with E-state index in [0.717, 1.165) is 47.6 Å². The van der Waals surface area contributed by atoms with Crippen molar-refractivity contribution < 1.29 is 14.3 Å². The van der Waals surface area contributed by atoms with Crippen molar-refractivity contribution in [3.63, 3.8) is 0 Å². The summed E-state index contributed by atoms with van der Waals surface area (Å²) in [6.07, 6.45) is 1.04. The van der Waals surface area contributed by atoms with Crippen molar-refractivity contribution in [3.8, 4) is 0 Å². The Labute approximate surface area is 199 Å². The minimum Gasteiger partial charge on any atom is -0.462 e. The minimum absolute atomic E-state index is 0.118. The molecule has 5 nitrogen and oxygen atoms in total. The number of amides is 1. The Hall–Kier alpha value is -2.96. The first-order chi connectivity index (χ1) is 15.9. The summed E-state index contributed by atoms with van der Waals surface area (Å²) < 4.78 is 5.35. The second-order valence-corrected chi connectivity index (χ2v) is 9.63. The second kappa shape index (κ2) is 10.3. The quantitative estimate of drug-likeness (QED) is 0.485. The molecule has 0 saturated carbocycles. The van der Waals surface area contributed by atoms with Crippen LogP contribution in [0.2, 0.25) is 0 Å². The van der Waals surface area contributed by atoms with Gasteiger partial charge in [0.15, 0.2) is 0 Å². The van der Waals surface area contributed by atoms with Crippen molar-refractivity contribution in [1.82, 2.24) is 4.90 Å². The van der Waals surface area contributed by atoms with E-state index in [-0.39, 0.29) is 18.3 Å². The molecule has 33 heavy (non-hydrogen) atoms. The molecule has 0 atom stereocenters. The van der Waals surface area contributed by atoms with Gasteiger partial charge < -0.3 is 10.1 Å². The number of anilines is 1. The van der Waals surface area contributed by atoms with E-state index >= 15 is 0 Å². The van der Waals surface area contributed by atoms with Gasteiger partial charge in [0.2, 0.25) is 5.91 Å². The first-order valence-electron chi connectivity index (χ1n) is 11.4. The van der Waals surface area contributed by atoms with Gasteiger partial charge in [0, 0.05) is 24.5 Å². The molecule has 2 aromatic carbocycles. The monoisotopic (exact) mass is 462 g/mol. The lowest BCUT2D eigenvalue weighted by molar-refractivity contribution is -0.115. The number of carbonyl (C=O) groups excluding carboxylic acids is 2. The van der Waals surface area contributed by atoms with Crippen LogP contribution in [0.5, 0.6) is 0 Å². The van der Waals surface area contributed by atoms with Crippen molar-refractivity contribution in [2.24, 2.45) is 0 Å². The number of esters is 1. The lowest BCUT2D eigenvalue weighted by Gasteiger charge is -2.27. The number of nitrogens with one attached hydrogen (secondary N) is 1. The van der Waals surface area contributed by atoms with Crippen LogP contribution in [0.1, 0.15) is 50.0 Å². The first-order valence-corrected chi connectivity index (χ1v) is 12.2. The van der Waals surface area contributed by atoms with Gasteiger partial charge in [-0.2, -0.15) is 0 Å². The van der Waals surface area contributed by atoms with E-state index < -0.39 is 0 Å². The zero-order valence-electron chi connectivity index (χ0n) is 19.4. The third kappa shape index (κ3) is 5.52. The SMILES string of the molecule is CCOC(=O)c1c(NC(=O)Cc2ccc(C)cc2C)sc2c1CCN(Cc1ccccc1)C2. The van der Waals surface area contributed by atoms with E-state index in [1.807, 2.05) is 32.0 Å². The number of carbonyl (C=O) groups is 2. The van der Waals surface area contributed by atoms with Gasteiger partial charge in [-0.3, -0.25) is 9.69 Å². The van der Waals surface area contributed by atoms with Crippen molar-refractivity contribution >= 4 is 28.2 Å². The lowest BCUT2D eigenvalue weighted by Crippen LogP contribution is -2.30. The standard InChI is InChI=1S/C27H30N2O3S/c1-4-32-27(31)25-22-12-13-29(16-20-8-6-5-7-9-20)17-23(22)33-26(25)28-24(30)15-21-11-10-18(2)14-19(21)3/h5-11,14H,4,12-13,15-17H2,1-3H3,(H,28,30). The maximum atomic E-state index is 12.9. The van der Waals surface area contributed by atoms with Crippen LogP contribution in [0.4, 0.5) is 5.00 Å². The van der Waals surface area contributed by atoms with Crippen LogP contribution < -0.4 is 5.32 Å². The Kier molecular flexibility index (Phi) is 7.26. The fourth-order valence-corrected chi connectivity index (χ4v) is 5.62. The van der Waals surface area contributed by atoms with E-state index in [0.29, 0.717) is 17.2 Å². The van der Waals surface area contributed by atoms with Gasteiger partial charge in [0.05, 0.1) is 18.6 Å². The van der Waals surface area contributed by atoms with Crippen molar-refractivity contribution in [1.29, 1.82) is 0 Å². The van der Waals surface area contributed by atoms with Gasteiger partial charge in [-0.05, 0) is 49.4 Å². The molecular formula is C27H30N2O3S. The maximum absolute atomic E-state index is 12.9. The molecule has 6 heteroatoms. The molecule has 1 aliphatic heterocycles. The average Bonchev–Trinajstić information content (AvgIpc) is 3.13. The highest BCUT2D eigenvalue weighted by Crippen LogP contribution is 2.38. The van der Waals surface area contributed by atoms with E-state index in [2.05, 4.69) is 40.5 Å². The summed E-state index contributed by atoms with van der Waals surface area (Å²) in [5.74, 6) is -0.472. The maximum Gasteiger partial charge on any atom is 0.341 e. The third-order valence-electron chi connectivity index (χ3n) is 5.97. The van der Waals surface area contributed by atoms with E-state index in [4.69, 9.17) is 4.74 Å². The Morgan fingerprint density at radius 2 is 1.91 bits per heavy atom. The number of nitrogens with zero attached hydrogens (tertiary/aromatic N) is 1. The number of fused-ring (bicyclic) bond motifs is 1. The molecule has 2 heterocycles. The average molecular weight is 463 g/mol. The highest BCUT2D eigenvalue weighted by molar-refractivity contribution is 7.17. The van der Waals surface area contributed by atoms with Gasteiger partial charge in [-0.15, -0.1) is 11.3 Å². The van der Waals surface area contributed by atoms with Crippen LogP contribution in [0.15, 0.2) is 48.5 Å². The van der Waals surface area contributed by atoms with Crippen LogP contribution in [-0.2, 0) is 35.5 Å². The molecule has 4 rings (SSSR count). The molecule has 0 fully saturated rings. The number of thiophene rings is 1. The van der Waals surface area contributed by atoms with Gasteiger partial charge in [0.1, 0.15) is 5.00 Å². The van der Waals surface area contributed by atoms with Crippen molar-refractivity contribution in [2.75, 3.05) is 18.5 Å². The summed E-state index contributed by atoms with van der Waals surface area (Å²) in [5, 5.41) is 3.63. The van der Waals surface area contributed by atoms with E-state index in [9.17, 15) is 9.59 Å². The molecule has 1 aromatic heterocycles. The topological polar surface area (TPSA) is 58.6 Å². The number of hydrogen-bond acceptors (Lipinski definition) is 5. The number of benzene rings is 2. The smallest absolute Gasteiger partial charge is 0.341 e. The summed E-state index contributed by atoms with van der Waals surface area (Å²) in [7, 11) is 0. The first kappa shape index (κ1) is 23.2. The molecule has 1 N–H and O–H groups in total. The number of hydrogen-bond donors (Lipinski definition) is 1. The predicted molar refractivity (Wildman–Crippen MR) is 133 cm³/mol. The Morgan fingerprint density at radius 3 is 2.64 bits per heavy atom. The van der Waals surface area contributed by atoms with Crippen LogP contribution in [0, 0.1) is 13.8 Å². The number of ether oxygens (including phenoxy) is 1. The van der Waals surface area contributed by atoms with Crippen LogP contribution >= 0.6 is 11.3 Å². The fourth-order valence-electron chi connectivity index (χ4n) is 4.33. The van der Waals surface area contributed by atoms with Crippen LogP contribution in [-0.4, -0.2) is 29.9 Å². The third-order valence-corrected chi connectivity index (χ3v) is 7.10. The van der Waals surface area contributed by atoms with Gasteiger partial charge in [-0.1, -0.05) is 54.1 Å². The Balaban J connectivity index is 1.54. The van der Waals surface area contributed by atoms with Gasteiger partial charge >= 0.3 is 5.97 Å². The normalized spacial score (nSPS) is 13.4. The molecule has 0 unspecified atom stereocenters. The highest BCUT2D eigenvalue weighted by Gasteiger charge is 2.29. The molecule has 3 aromatic rings. The van der Waals surface area contributed by atoms with E-state index in [1.54, 1.807) is 6.92 Å². The van der Waals surface area contributed by atoms with E-state index in [1.165, 1.54) is 22.5 Å². The molecule has 0 saturated heterocycles. The molecule has 0 bridgehead atoms. The molecule has 0 radical (unpaired) electrons. The molecule has 0 spiro atoms. The van der Waals surface area contributed by atoms with Gasteiger partial charge in [0.25, 0.3) is 0 Å². The molecular weight excluding hydrogens is 432 g/mol. The summed E-state index contributed by atoms with van der Waals surface area (Å²) in [6, 6.07) is 16.5. The summed E-state index contributed by atoms with van der Waals surface area (Å²) in [5.41, 5.74) is 6.08. The lowest BCUT2D eigenvalue weighted by atomic mass is 10.0. The summed E-state index contributed by atoms with van der Waals surface area (Å²) in [4.78, 5) is 29.2. The molecule has 172 valence electrons. The Morgan fingerprint density at radius 1 is 1.12 bits per heavy atom. The molecule has 0 aliphatic carbocycles. The zero-order valence-corrected chi connectivity index (χ0v) is 20.3. The fraction of sp³-hybridized carbons (Fsp3) is 0.333. The molecule has 1 amide bonds. The predicted octanol–water partition coefficient (Wildman–Crippen LogP) is 5.28. The number of aryl methyl sites for hydroxylation is 2. The highest BCUT2D eigenvalue weighted by atomic mass is 32.1. The largest absolute Gasteiger partial charge is 0.462 e. The van der Waals surface area contributed by atoms with Crippen LogP contribution in [0.25, 0.3) is 0 Å². The van der Waals surface area contributed by atoms with Crippen molar-refractivity contribution in [2.45, 2.75) is 46.7 Å². The summed E-state index contributed by atoms with van der Waals surface area (Å²) in [6.45, 7) is 8.65.